The number of aliphatic hydroxyl groups is 1. The summed E-state index contributed by atoms with van der Waals surface area (Å²) in [4.78, 5) is 2.28. The minimum absolute atomic E-state index is 0.108. The van der Waals surface area contributed by atoms with Crippen molar-refractivity contribution in [3.8, 4) is 0 Å². The minimum Gasteiger partial charge on any atom is -0.393 e. The van der Waals surface area contributed by atoms with Crippen molar-refractivity contribution in [3.05, 3.63) is 0 Å². The molecule has 0 aromatic rings. The van der Waals surface area contributed by atoms with Gasteiger partial charge in [-0.05, 0) is 46.8 Å². The first-order chi connectivity index (χ1) is 9.52. The predicted octanol–water partition coefficient (Wildman–Crippen LogP) is 5.02. The van der Waals surface area contributed by atoms with Gasteiger partial charge in [-0.25, -0.2) is 0 Å². The van der Waals surface area contributed by atoms with Crippen LogP contribution < -0.4 is 0 Å². The second kappa shape index (κ2) is 14.6. The SMILES string of the molecule is CC(O)CCCCCCCCCCC(I)CCN(C)C. The zero-order valence-electron chi connectivity index (χ0n) is 13.9. The summed E-state index contributed by atoms with van der Waals surface area (Å²) in [6.45, 7) is 3.11. The minimum atomic E-state index is -0.108. The van der Waals surface area contributed by atoms with Crippen molar-refractivity contribution in [1.29, 1.82) is 0 Å². The van der Waals surface area contributed by atoms with Crippen LogP contribution >= 0.6 is 22.6 Å². The molecule has 0 bridgehead atoms. The Kier molecular flexibility index (Phi) is 15.1. The number of hydrogen-bond acceptors (Lipinski definition) is 2. The maximum atomic E-state index is 9.16. The molecule has 0 heterocycles. The Morgan fingerprint density at radius 2 is 1.25 bits per heavy atom. The van der Waals surface area contributed by atoms with Crippen molar-refractivity contribution in [2.75, 3.05) is 20.6 Å². The van der Waals surface area contributed by atoms with Gasteiger partial charge in [-0.15, -0.1) is 0 Å². The average Bonchev–Trinajstić information content (AvgIpc) is 2.38. The fraction of sp³-hybridized carbons (Fsp3) is 1.00. The molecule has 3 heteroatoms. The lowest BCUT2D eigenvalue weighted by molar-refractivity contribution is 0.180. The molecule has 0 aliphatic heterocycles. The normalized spacial score (nSPS) is 14.7. The summed E-state index contributed by atoms with van der Waals surface area (Å²) in [6.07, 6.45) is 14.4. The van der Waals surface area contributed by atoms with E-state index in [1.54, 1.807) is 0 Å². The average molecular weight is 397 g/mol. The molecule has 0 saturated carbocycles. The van der Waals surface area contributed by atoms with Crippen LogP contribution in [0.4, 0.5) is 0 Å². The maximum Gasteiger partial charge on any atom is 0.0512 e. The van der Waals surface area contributed by atoms with Crippen molar-refractivity contribution < 1.29 is 5.11 Å². The second-order valence-corrected chi connectivity index (χ2v) is 8.21. The number of halogens is 1. The lowest BCUT2D eigenvalue weighted by Crippen LogP contribution is -2.16. The van der Waals surface area contributed by atoms with Crippen LogP contribution in [-0.2, 0) is 0 Å². The Hall–Kier alpha value is 0.650. The van der Waals surface area contributed by atoms with Crippen LogP contribution in [0.15, 0.2) is 0 Å². The Balaban J connectivity index is 3.12. The number of hydrogen-bond donors (Lipinski definition) is 1. The summed E-state index contributed by atoms with van der Waals surface area (Å²) in [6, 6.07) is 0. The fourth-order valence-corrected chi connectivity index (χ4v) is 3.13. The van der Waals surface area contributed by atoms with Gasteiger partial charge in [0.15, 0.2) is 0 Å². The van der Waals surface area contributed by atoms with Gasteiger partial charge in [0, 0.05) is 3.92 Å². The fourth-order valence-electron chi connectivity index (χ4n) is 2.41. The number of rotatable bonds is 14. The van der Waals surface area contributed by atoms with E-state index in [9.17, 15) is 0 Å². The Labute approximate surface area is 140 Å². The summed E-state index contributed by atoms with van der Waals surface area (Å²) >= 11 is 2.62. The smallest absolute Gasteiger partial charge is 0.0512 e. The van der Waals surface area contributed by atoms with Gasteiger partial charge >= 0.3 is 0 Å². The van der Waals surface area contributed by atoms with Gasteiger partial charge in [0.25, 0.3) is 0 Å². The van der Waals surface area contributed by atoms with Crippen molar-refractivity contribution in [2.24, 2.45) is 0 Å². The maximum absolute atomic E-state index is 9.16. The zero-order chi connectivity index (χ0) is 15.2. The summed E-state index contributed by atoms with van der Waals surface area (Å²) < 4.78 is 0.857. The molecule has 2 nitrogen and oxygen atoms in total. The first kappa shape index (κ1) is 20.6. The molecule has 2 atom stereocenters. The van der Waals surface area contributed by atoms with Crippen LogP contribution in [0.1, 0.15) is 77.6 Å². The van der Waals surface area contributed by atoms with E-state index < -0.39 is 0 Å². The molecule has 0 fully saturated rings. The molecular formula is C17H36INO. The summed E-state index contributed by atoms with van der Waals surface area (Å²) in [5.74, 6) is 0. The van der Waals surface area contributed by atoms with Gasteiger partial charge in [0.2, 0.25) is 0 Å². The molecule has 0 saturated heterocycles. The molecule has 122 valence electrons. The lowest BCUT2D eigenvalue weighted by Gasteiger charge is -2.13. The third-order valence-electron chi connectivity index (χ3n) is 3.78. The molecule has 0 amide bonds. The van der Waals surface area contributed by atoms with E-state index >= 15 is 0 Å². The third kappa shape index (κ3) is 16.7. The quantitative estimate of drug-likeness (QED) is 0.253. The van der Waals surface area contributed by atoms with Gasteiger partial charge in [-0.3, -0.25) is 0 Å². The molecule has 2 unspecified atom stereocenters. The molecular weight excluding hydrogens is 361 g/mol. The highest BCUT2D eigenvalue weighted by atomic mass is 127. The van der Waals surface area contributed by atoms with E-state index in [0.717, 1.165) is 10.3 Å². The summed E-state index contributed by atoms with van der Waals surface area (Å²) in [7, 11) is 4.31. The molecule has 0 spiro atoms. The van der Waals surface area contributed by atoms with E-state index in [2.05, 4.69) is 41.6 Å². The largest absolute Gasteiger partial charge is 0.393 e. The molecule has 20 heavy (non-hydrogen) atoms. The summed E-state index contributed by atoms with van der Waals surface area (Å²) in [5, 5.41) is 9.16. The van der Waals surface area contributed by atoms with Crippen molar-refractivity contribution in [1.82, 2.24) is 4.90 Å². The molecule has 0 aromatic heterocycles. The van der Waals surface area contributed by atoms with E-state index in [1.165, 1.54) is 70.8 Å². The second-order valence-electron chi connectivity index (χ2n) is 6.44. The van der Waals surface area contributed by atoms with Crippen LogP contribution in [0.2, 0.25) is 0 Å². The van der Waals surface area contributed by atoms with Crippen LogP contribution in [0, 0.1) is 0 Å². The molecule has 0 radical (unpaired) electrons. The molecule has 0 rings (SSSR count). The van der Waals surface area contributed by atoms with Crippen LogP contribution in [0.25, 0.3) is 0 Å². The topological polar surface area (TPSA) is 23.5 Å². The molecule has 1 N–H and O–H groups in total. The Morgan fingerprint density at radius 1 is 0.800 bits per heavy atom. The Morgan fingerprint density at radius 3 is 1.70 bits per heavy atom. The number of aliphatic hydroxyl groups excluding tert-OH is 1. The third-order valence-corrected chi connectivity index (χ3v) is 5.02. The first-order valence-corrected chi connectivity index (χ1v) is 9.73. The first-order valence-electron chi connectivity index (χ1n) is 8.49. The predicted molar refractivity (Wildman–Crippen MR) is 98.8 cm³/mol. The molecule has 0 aliphatic carbocycles. The van der Waals surface area contributed by atoms with Crippen LogP contribution in [0.3, 0.4) is 0 Å². The zero-order valence-corrected chi connectivity index (χ0v) is 16.1. The van der Waals surface area contributed by atoms with Gasteiger partial charge < -0.3 is 10.0 Å². The van der Waals surface area contributed by atoms with Crippen molar-refractivity contribution in [2.45, 2.75) is 87.6 Å². The highest BCUT2D eigenvalue weighted by Crippen LogP contribution is 2.17. The Bertz CT molecular complexity index is 197. The number of nitrogens with zero attached hydrogens (tertiary/aromatic N) is 1. The number of alkyl halides is 1. The standard InChI is InChI=1S/C17H36INO/c1-16(20)12-10-8-6-4-5-7-9-11-13-17(18)14-15-19(2)3/h16-17,20H,4-15H2,1-3H3. The van der Waals surface area contributed by atoms with E-state index in [0.29, 0.717) is 0 Å². The monoisotopic (exact) mass is 397 g/mol. The summed E-state index contributed by atoms with van der Waals surface area (Å²) in [5.41, 5.74) is 0. The van der Waals surface area contributed by atoms with Crippen LogP contribution in [-0.4, -0.2) is 40.7 Å². The highest BCUT2D eigenvalue weighted by molar-refractivity contribution is 14.1. The molecule has 0 aromatic carbocycles. The van der Waals surface area contributed by atoms with Gasteiger partial charge in [-0.2, -0.15) is 0 Å². The lowest BCUT2D eigenvalue weighted by atomic mass is 10.0. The molecule has 0 aliphatic rings. The van der Waals surface area contributed by atoms with E-state index in [1.807, 2.05) is 6.92 Å². The van der Waals surface area contributed by atoms with Crippen LogP contribution in [0.5, 0.6) is 0 Å². The number of unbranched alkanes of at least 4 members (excludes halogenated alkanes) is 7. The van der Waals surface area contributed by atoms with E-state index in [4.69, 9.17) is 5.11 Å². The van der Waals surface area contributed by atoms with Gasteiger partial charge in [0.1, 0.15) is 0 Å². The highest BCUT2D eigenvalue weighted by Gasteiger charge is 2.04. The van der Waals surface area contributed by atoms with E-state index in [-0.39, 0.29) is 6.10 Å². The van der Waals surface area contributed by atoms with Gasteiger partial charge in [-0.1, -0.05) is 74.0 Å². The van der Waals surface area contributed by atoms with Gasteiger partial charge in [0.05, 0.1) is 6.10 Å². The van der Waals surface area contributed by atoms with Crippen molar-refractivity contribution >= 4 is 22.6 Å². The van der Waals surface area contributed by atoms with Crippen molar-refractivity contribution in [3.63, 3.8) is 0 Å².